The van der Waals surface area contributed by atoms with E-state index in [-0.39, 0.29) is 18.4 Å². The van der Waals surface area contributed by atoms with Gasteiger partial charge < -0.3 is 9.64 Å². The summed E-state index contributed by atoms with van der Waals surface area (Å²) in [5.74, 6) is -0.214. The van der Waals surface area contributed by atoms with E-state index in [1.165, 1.54) is 12.1 Å². The van der Waals surface area contributed by atoms with Gasteiger partial charge in [-0.25, -0.2) is 0 Å². The Labute approximate surface area is 126 Å². The highest BCUT2D eigenvalue weighted by Crippen LogP contribution is 2.38. The molecule has 1 aliphatic heterocycles. The van der Waals surface area contributed by atoms with Crippen LogP contribution in [0.25, 0.3) is 0 Å². The minimum atomic E-state index is -4.46. The number of likely N-dealkylation sites (N-methyl/N-ethyl adjacent to an activating group) is 1. The summed E-state index contributed by atoms with van der Waals surface area (Å²) in [5.41, 5.74) is -0.501. The number of ether oxygens (including phenoxy) is 1. The maximum atomic E-state index is 13.0. The highest BCUT2D eigenvalue weighted by molar-refractivity contribution is 7.78. The molecule has 0 bridgehead atoms. The first kappa shape index (κ1) is 15.9. The van der Waals surface area contributed by atoms with Crippen LogP contribution in [0.5, 0.6) is 5.75 Å². The quantitative estimate of drug-likeness (QED) is 0.622. The number of rotatable bonds is 4. The Morgan fingerprint density at radius 1 is 1.48 bits per heavy atom. The van der Waals surface area contributed by atoms with Gasteiger partial charge in [0.05, 0.1) is 16.4 Å². The maximum absolute atomic E-state index is 13.0. The molecular formula is C14H15F3N2OS. The molecule has 0 radical (unpaired) electrons. The molecule has 2 rings (SSSR count). The third kappa shape index (κ3) is 4.03. The second-order valence-electron chi connectivity index (χ2n) is 4.97. The van der Waals surface area contributed by atoms with Crippen LogP contribution < -0.4 is 4.74 Å². The van der Waals surface area contributed by atoms with Gasteiger partial charge in [-0.2, -0.15) is 18.2 Å². The van der Waals surface area contributed by atoms with Crippen LogP contribution in [0.4, 0.5) is 18.9 Å². The molecule has 1 unspecified atom stereocenters. The van der Waals surface area contributed by atoms with Crippen LogP contribution in [-0.2, 0) is 6.18 Å². The number of aliphatic imine (C=N–C) groups is 1. The Kier molecular flexibility index (Phi) is 4.98. The molecule has 1 aromatic carbocycles. The lowest BCUT2D eigenvalue weighted by Crippen LogP contribution is -2.30. The fourth-order valence-electron chi connectivity index (χ4n) is 2.36. The molecule has 7 heteroatoms. The van der Waals surface area contributed by atoms with Crippen molar-refractivity contribution < 1.29 is 17.9 Å². The van der Waals surface area contributed by atoms with E-state index >= 15 is 0 Å². The molecule has 0 spiro atoms. The number of thiocarbonyl (C=S) groups is 1. The zero-order chi connectivity index (χ0) is 15.5. The Balaban J connectivity index is 2.21. The lowest BCUT2D eigenvalue weighted by atomic mass is 10.1. The van der Waals surface area contributed by atoms with Gasteiger partial charge in [0.15, 0.2) is 0 Å². The lowest BCUT2D eigenvalue weighted by Gasteiger charge is -2.21. The van der Waals surface area contributed by atoms with Crippen LogP contribution in [0.3, 0.4) is 0 Å². The second kappa shape index (κ2) is 6.56. The van der Waals surface area contributed by atoms with Crippen molar-refractivity contribution in [3.63, 3.8) is 0 Å². The van der Waals surface area contributed by atoms with Crippen molar-refractivity contribution in [2.45, 2.75) is 25.1 Å². The summed E-state index contributed by atoms with van der Waals surface area (Å²) in [6, 6.07) is 3.59. The van der Waals surface area contributed by atoms with Crippen molar-refractivity contribution in [1.29, 1.82) is 0 Å². The summed E-state index contributed by atoms with van der Waals surface area (Å²) < 4.78 is 44.4. The van der Waals surface area contributed by atoms with E-state index in [1.54, 1.807) is 0 Å². The van der Waals surface area contributed by atoms with Gasteiger partial charge in [-0.3, -0.25) is 0 Å². The van der Waals surface area contributed by atoms with Gasteiger partial charge in [0, 0.05) is 12.1 Å². The summed E-state index contributed by atoms with van der Waals surface area (Å²) in [6.07, 6.45) is -2.50. The predicted molar refractivity (Wildman–Crippen MR) is 77.3 cm³/mol. The average molecular weight is 316 g/mol. The van der Waals surface area contributed by atoms with Crippen LogP contribution in [0, 0.1) is 0 Å². The third-order valence-electron chi connectivity index (χ3n) is 3.55. The molecule has 1 aromatic rings. The van der Waals surface area contributed by atoms with E-state index in [0.29, 0.717) is 5.69 Å². The van der Waals surface area contributed by atoms with Gasteiger partial charge in [-0.05, 0) is 50.8 Å². The SMILES string of the molecule is CN1CCCC1COc1cc(N=C=S)ccc1C(F)(F)F. The fraction of sp³-hybridized carbons (Fsp3) is 0.500. The minimum Gasteiger partial charge on any atom is -0.491 e. The van der Waals surface area contributed by atoms with Gasteiger partial charge >= 0.3 is 6.18 Å². The number of likely N-dealkylation sites (tertiary alicyclic amines) is 1. The third-order valence-corrected chi connectivity index (χ3v) is 3.64. The van der Waals surface area contributed by atoms with Gasteiger partial charge in [0.25, 0.3) is 0 Å². The number of benzene rings is 1. The van der Waals surface area contributed by atoms with Crippen molar-refractivity contribution >= 4 is 23.1 Å². The van der Waals surface area contributed by atoms with E-state index in [2.05, 4.69) is 27.3 Å². The molecule has 1 saturated heterocycles. The number of hydrogen-bond acceptors (Lipinski definition) is 4. The zero-order valence-electron chi connectivity index (χ0n) is 11.5. The van der Waals surface area contributed by atoms with Crippen molar-refractivity contribution in [3.05, 3.63) is 23.8 Å². The lowest BCUT2D eigenvalue weighted by molar-refractivity contribution is -0.139. The molecule has 21 heavy (non-hydrogen) atoms. The molecule has 0 aromatic heterocycles. The number of hydrogen-bond donors (Lipinski definition) is 0. The molecule has 0 aliphatic carbocycles. The topological polar surface area (TPSA) is 24.8 Å². The molecule has 1 heterocycles. The predicted octanol–water partition coefficient (Wildman–Crippen LogP) is 3.91. The van der Waals surface area contributed by atoms with E-state index in [1.807, 2.05) is 7.05 Å². The van der Waals surface area contributed by atoms with Gasteiger partial charge in [0.2, 0.25) is 0 Å². The smallest absolute Gasteiger partial charge is 0.419 e. The van der Waals surface area contributed by atoms with Gasteiger partial charge in [0.1, 0.15) is 12.4 Å². The van der Waals surface area contributed by atoms with E-state index in [9.17, 15) is 13.2 Å². The summed E-state index contributed by atoms with van der Waals surface area (Å²) in [5, 5.41) is 2.14. The average Bonchev–Trinajstić information content (AvgIpc) is 2.81. The monoisotopic (exact) mass is 316 g/mol. The van der Waals surface area contributed by atoms with E-state index in [4.69, 9.17) is 4.74 Å². The number of halogens is 3. The fourth-order valence-corrected chi connectivity index (χ4v) is 2.47. The number of isothiocyanates is 1. The van der Waals surface area contributed by atoms with Crippen molar-refractivity contribution in [2.24, 2.45) is 4.99 Å². The molecule has 1 aliphatic rings. The molecule has 3 nitrogen and oxygen atoms in total. The summed E-state index contributed by atoms with van der Waals surface area (Å²) in [6.45, 7) is 1.17. The van der Waals surface area contributed by atoms with Crippen LogP contribution in [-0.4, -0.2) is 36.3 Å². The van der Waals surface area contributed by atoms with Crippen LogP contribution >= 0.6 is 12.2 Å². The molecule has 114 valence electrons. The van der Waals surface area contributed by atoms with Crippen molar-refractivity contribution in [2.75, 3.05) is 20.2 Å². The highest BCUT2D eigenvalue weighted by Gasteiger charge is 2.35. The minimum absolute atomic E-state index is 0.142. The molecular weight excluding hydrogens is 301 g/mol. The van der Waals surface area contributed by atoms with Crippen molar-refractivity contribution in [3.8, 4) is 5.75 Å². The maximum Gasteiger partial charge on any atom is 0.419 e. The Bertz CT molecular complexity index is 556. The number of alkyl halides is 3. The Hall–Kier alpha value is -1.43. The standard InChI is InChI=1S/C14H15F3N2OS/c1-19-6-2-3-11(19)8-20-13-7-10(18-9-21)4-5-12(13)14(15,16)17/h4-5,7,11H,2-3,6,8H2,1H3. The Morgan fingerprint density at radius 2 is 2.24 bits per heavy atom. The normalized spacial score (nSPS) is 19.3. The molecule has 0 N–H and O–H groups in total. The van der Waals surface area contributed by atoms with Crippen molar-refractivity contribution in [1.82, 2.24) is 4.90 Å². The van der Waals surface area contributed by atoms with E-state index < -0.39 is 11.7 Å². The van der Waals surface area contributed by atoms with Crippen LogP contribution in [0.15, 0.2) is 23.2 Å². The highest BCUT2D eigenvalue weighted by atomic mass is 32.1. The largest absolute Gasteiger partial charge is 0.491 e. The van der Waals surface area contributed by atoms with Gasteiger partial charge in [-0.1, -0.05) is 0 Å². The van der Waals surface area contributed by atoms with E-state index in [0.717, 1.165) is 25.5 Å². The summed E-state index contributed by atoms with van der Waals surface area (Å²) in [4.78, 5) is 5.78. The Morgan fingerprint density at radius 3 is 2.81 bits per heavy atom. The molecule has 1 fully saturated rings. The summed E-state index contributed by atoms with van der Waals surface area (Å²) >= 11 is 4.46. The second-order valence-corrected chi connectivity index (χ2v) is 5.15. The molecule has 0 amide bonds. The van der Waals surface area contributed by atoms with Gasteiger partial charge in [-0.15, -0.1) is 0 Å². The molecule has 0 saturated carbocycles. The first-order valence-corrected chi connectivity index (χ1v) is 6.95. The first-order valence-electron chi connectivity index (χ1n) is 6.54. The van der Waals surface area contributed by atoms with Crippen LogP contribution in [0.1, 0.15) is 18.4 Å². The van der Waals surface area contributed by atoms with Crippen LogP contribution in [0.2, 0.25) is 0 Å². The number of nitrogens with zero attached hydrogens (tertiary/aromatic N) is 2. The first-order chi connectivity index (χ1) is 9.91. The molecule has 1 atom stereocenters. The zero-order valence-corrected chi connectivity index (χ0v) is 12.3. The summed E-state index contributed by atoms with van der Waals surface area (Å²) in [7, 11) is 1.94.